The van der Waals surface area contributed by atoms with Crippen LogP contribution in [0.4, 0.5) is 5.69 Å². The molecule has 3 aliphatic rings. The van der Waals surface area contributed by atoms with Crippen molar-refractivity contribution in [3.63, 3.8) is 0 Å². The number of hydrogen-bond acceptors (Lipinski definition) is 5. The highest BCUT2D eigenvalue weighted by atomic mass is 16.7. The van der Waals surface area contributed by atoms with Gasteiger partial charge in [-0.15, -0.1) is 0 Å². The van der Waals surface area contributed by atoms with Crippen molar-refractivity contribution in [3.8, 4) is 11.5 Å². The van der Waals surface area contributed by atoms with Crippen LogP contribution < -0.4 is 19.7 Å². The zero-order valence-corrected chi connectivity index (χ0v) is 14.4. The Morgan fingerprint density at radius 3 is 2.68 bits per heavy atom. The highest BCUT2D eigenvalue weighted by Gasteiger charge is 2.45. The second-order valence-corrected chi connectivity index (χ2v) is 6.88. The molecule has 0 radical (unpaired) electrons. The molecule has 0 saturated carbocycles. The zero-order chi connectivity index (χ0) is 17.4. The molecule has 2 N–H and O–H groups in total. The minimum Gasteiger partial charge on any atom is -0.454 e. The second-order valence-electron chi connectivity index (χ2n) is 6.88. The Bertz CT molecular complexity index is 685. The van der Waals surface area contributed by atoms with E-state index in [0.29, 0.717) is 19.0 Å². The Kier molecular flexibility index (Phi) is 4.25. The second kappa shape index (κ2) is 6.55. The quantitative estimate of drug-likeness (QED) is 0.752. The van der Waals surface area contributed by atoms with E-state index in [4.69, 9.17) is 9.47 Å². The Labute approximate surface area is 146 Å². The van der Waals surface area contributed by atoms with Gasteiger partial charge in [0.05, 0.1) is 19.5 Å². The summed E-state index contributed by atoms with van der Waals surface area (Å²) in [6, 6.07) is 6.09. The first-order valence-electron chi connectivity index (χ1n) is 9.00. The molecule has 7 heteroatoms. The third-order valence-electron chi connectivity index (χ3n) is 5.42. The number of rotatable bonds is 4. The zero-order valence-electron chi connectivity index (χ0n) is 14.4. The monoisotopic (exact) mass is 346 g/mol. The fraction of sp³-hybridized carbons (Fsp3) is 0.556. The summed E-state index contributed by atoms with van der Waals surface area (Å²) in [4.78, 5) is 26.9. The molecule has 0 aliphatic carbocycles. The molecule has 2 saturated heterocycles. The molecule has 3 aliphatic heterocycles. The van der Waals surface area contributed by atoms with Crippen LogP contribution in [-0.2, 0) is 9.59 Å². The fourth-order valence-electron chi connectivity index (χ4n) is 4.04. The topological polar surface area (TPSA) is 72.3 Å². The average Bonchev–Trinajstić information content (AvgIpc) is 3.19. The first kappa shape index (κ1) is 16.2. The Balaban J connectivity index is 1.33. The largest absolute Gasteiger partial charge is 0.454 e. The van der Waals surface area contributed by atoms with E-state index in [1.807, 2.05) is 25.1 Å². The van der Waals surface area contributed by atoms with E-state index in [2.05, 4.69) is 5.32 Å². The SMILES string of the molecule is CCN1C(=O)C[C@@H]([NH+]2CCC(Nc3ccc4c(c3)OCO4)CC2)C1=O. The fourth-order valence-corrected chi connectivity index (χ4v) is 4.04. The lowest BCUT2D eigenvalue weighted by atomic mass is 10.0. The molecule has 3 heterocycles. The predicted octanol–water partition coefficient (Wildman–Crippen LogP) is 0.0219. The molecule has 4 rings (SSSR count). The summed E-state index contributed by atoms with van der Waals surface area (Å²) in [6.07, 6.45) is 2.32. The lowest BCUT2D eigenvalue weighted by Crippen LogP contribution is -3.17. The van der Waals surface area contributed by atoms with Gasteiger partial charge in [-0.2, -0.15) is 0 Å². The molecule has 1 aromatic carbocycles. The van der Waals surface area contributed by atoms with Gasteiger partial charge in [-0.3, -0.25) is 14.5 Å². The average molecular weight is 346 g/mol. The third-order valence-corrected chi connectivity index (χ3v) is 5.42. The van der Waals surface area contributed by atoms with Gasteiger partial charge in [0, 0.05) is 37.2 Å². The summed E-state index contributed by atoms with van der Waals surface area (Å²) in [6.45, 7) is 4.43. The maximum Gasteiger partial charge on any atom is 0.287 e. The summed E-state index contributed by atoms with van der Waals surface area (Å²) >= 11 is 0. The van der Waals surface area contributed by atoms with Gasteiger partial charge < -0.3 is 19.7 Å². The van der Waals surface area contributed by atoms with Gasteiger partial charge in [0.25, 0.3) is 5.91 Å². The molecule has 2 fully saturated rings. The molecule has 25 heavy (non-hydrogen) atoms. The van der Waals surface area contributed by atoms with E-state index in [-0.39, 0.29) is 24.6 Å². The molecule has 0 aromatic heterocycles. The van der Waals surface area contributed by atoms with E-state index in [1.165, 1.54) is 9.80 Å². The number of imide groups is 1. The van der Waals surface area contributed by atoms with Crippen LogP contribution in [0.2, 0.25) is 0 Å². The van der Waals surface area contributed by atoms with E-state index in [0.717, 1.165) is 43.1 Å². The predicted molar refractivity (Wildman–Crippen MR) is 90.7 cm³/mol. The number of nitrogens with one attached hydrogen (secondary N) is 2. The van der Waals surface area contributed by atoms with Crippen LogP contribution >= 0.6 is 0 Å². The van der Waals surface area contributed by atoms with E-state index >= 15 is 0 Å². The van der Waals surface area contributed by atoms with Gasteiger partial charge in [0.2, 0.25) is 12.7 Å². The number of likely N-dealkylation sites (tertiary alicyclic amines) is 2. The highest BCUT2D eigenvalue weighted by molar-refractivity contribution is 6.04. The number of quaternary nitrogens is 1. The van der Waals surface area contributed by atoms with Crippen LogP contribution in [0.25, 0.3) is 0 Å². The van der Waals surface area contributed by atoms with Crippen molar-refractivity contribution < 1.29 is 24.0 Å². The summed E-state index contributed by atoms with van der Waals surface area (Å²) in [5.41, 5.74) is 1.03. The lowest BCUT2D eigenvalue weighted by molar-refractivity contribution is -0.919. The number of nitrogens with zero attached hydrogens (tertiary/aromatic N) is 1. The molecular formula is C18H24N3O4+. The van der Waals surface area contributed by atoms with Gasteiger partial charge in [-0.1, -0.05) is 0 Å². The van der Waals surface area contributed by atoms with Gasteiger partial charge in [0.15, 0.2) is 17.5 Å². The van der Waals surface area contributed by atoms with Crippen LogP contribution in [-0.4, -0.2) is 55.2 Å². The Hall–Kier alpha value is -2.28. The number of ether oxygens (including phenoxy) is 2. The van der Waals surface area contributed by atoms with Crippen LogP contribution in [0.15, 0.2) is 18.2 Å². The smallest absolute Gasteiger partial charge is 0.287 e. The van der Waals surface area contributed by atoms with E-state index < -0.39 is 0 Å². The van der Waals surface area contributed by atoms with Crippen molar-refractivity contribution in [1.29, 1.82) is 0 Å². The summed E-state index contributed by atoms with van der Waals surface area (Å²) in [5, 5.41) is 3.55. The van der Waals surface area contributed by atoms with Gasteiger partial charge in [-0.25, -0.2) is 0 Å². The van der Waals surface area contributed by atoms with Crippen molar-refractivity contribution in [3.05, 3.63) is 18.2 Å². The number of amides is 2. The number of likely N-dealkylation sites (N-methyl/N-ethyl adjacent to an activating group) is 1. The van der Waals surface area contributed by atoms with Crippen LogP contribution in [0.1, 0.15) is 26.2 Å². The van der Waals surface area contributed by atoms with Crippen molar-refractivity contribution in [2.45, 2.75) is 38.3 Å². The Morgan fingerprint density at radius 1 is 1.20 bits per heavy atom. The van der Waals surface area contributed by atoms with Crippen LogP contribution in [0.5, 0.6) is 11.5 Å². The summed E-state index contributed by atoms with van der Waals surface area (Å²) < 4.78 is 10.7. The number of benzene rings is 1. The third kappa shape index (κ3) is 3.04. The molecule has 2 amide bonds. The molecule has 1 aromatic rings. The summed E-state index contributed by atoms with van der Waals surface area (Å²) in [5.74, 6) is 1.55. The number of piperidine rings is 1. The number of carbonyl (C=O) groups is 2. The van der Waals surface area contributed by atoms with Gasteiger partial charge >= 0.3 is 0 Å². The van der Waals surface area contributed by atoms with Gasteiger partial charge in [-0.05, 0) is 19.1 Å². The van der Waals surface area contributed by atoms with Crippen molar-refractivity contribution >= 4 is 17.5 Å². The van der Waals surface area contributed by atoms with Crippen molar-refractivity contribution in [2.24, 2.45) is 0 Å². The number of hydrogen-bond donors (Lipinski definition) is 2. The standard InChI is InChI=1S/C18H23N3O4/c1-2-21-17(22)10-14(18(21)23)20-7-5-12(6-8-20)19-13-3-4-15-16(9-13)25-11-24-15/h3-4,9,12,14,19H,2,5-8,10-11H2,1H3/p+1/t14-/m1/s1. The molecule has 0 bridgehead atoms. The van der Waals surface area contributed by atoms with Gasteiger partial charge in [0.1, 0.15) is 0 Å². The first-order valence-corrected chi connectivity index (χ1v) is 9.00. The highest BCUT2D eigenvalue weighted by Crippen LogP contribution is 2.34. The molecule has 7 nitrogen and oxygen atoms in total. The normalized spacial score (nSPS) is 28.5. The molecular weight excluding hydrogens is 322 g/mol. The number of carbonyl (C=O) groups excluding carboxylic acids is 2. The van der Waals surface area contributed by atoms with E-state index in [1.54, 1.807) is 0 Å². The maximum atomic E-state index is 12.4. The molecule has 134 valence electrons. The minimum atomic E-state index is -0.182. The molecule has 0 unspecified atom stereocenters. The van der Waals surface area contributed by atoms with Crippen molar-refractivity contribution in [1.82, 2.24) is 4.90 Å². The number of fused-ring (bicyclic) bond motifs is 1. The van der Waals surface area contributed by atoms with E-state index in [9.17, 15) is 9.59 Å². The number of anilines is 1. The van der Waals surface area contributed by atoms with Crippen LogP contribution in [0, 0.1) is 0 Å². The van der Waals surface area contributed by atoms with Crippen molar-refractivity contribution in [2.75, 3.05) is 31.7 Å². The molecule has 0 spiro atoms. The minimum absolute atomic E-state index is 0.00433. The Morgan fingerprint density at radius 2 is 1.96 bits per heavy atom. The first-order chi connectivity index (χ1) is 12.2. The van der Waals surface area contributed by atoms with Crippen LogP contribution in [0.3, 0.4) is 0 Å². The summed E-state index contributed by atoms with van der Waals surface area (Å²) in [7, 11) is 0. The lowest BCUT2D eigenvalue weighted by Gasteiger charge is -2.32. The maximum absolute atomic E-state index is 12.4. The molecule has 1 atom stereocenters.